The molecule has 0 radical (unpaired) electrons. The molecular weight excluding hydrogens is 326 g/mol. The summed E-state index contributed by atoms with van der Waals surface area (Å²) < 4.78 is 0. The van der Waals surface area contributed by atoms with Crippen molar-refractivity contribution < 1.29 is 9.59 Å². The maximum Gasteiger partial charge on any atom is 0.317 e. The molecule has 0 unspecified atom stereocenters. The summed E-state index contributed by atoms with van der Waals surface area (Å²) >= 11 is 6.18. The summed E-state index contributed by atoms with van der Waals surface area (Å²) in [5.74, 6) is 0.0109. The van der Waals surface area contributed by atoms with E-state index in [1.165, 1.54) is 0 Å². The van der Waals surface area contributed by atoms with Gasteiger partial charge in [-0.2, -0.15) is 0 Å². The molecule has 1 N–H and O–H groups in total. The molecule has 0 atom stereocenters. The van der Waals surface area contributed by atoms with Crippen molar-refractivity contribution >= 4 is 29.1 Å². The van der Waals surface area contributed by atoms with Crippen molar-refractivity contribution in [2.45, 2.75) is 25.8 Å². The first-order valence-corrected chi connectivity index (χ1v) is 8.70. The Balaban J connectivity index is 1.60. The van der Waals surface area contributed by atoms with Gasteiger partial charge in [0.25, 0.3) is 0 Å². The molecule has 2 saturated heterocycles. The Morgan fingerprint density at radius 1 is 1.25 bits per heavy atom. The van der Waals surface area contributed by atoms with E-state index in [4.69, 9.17) is 11.6 Å². The number of nitrogens with one attached hydrogen (secondary N) is 1. The summed E-state index contributed by atoms with van der Waals surface area (Å²) in [6.07, 6.45) is 3.32. The lowest BCUT2D eigenvalue weighted by Crippen LogP contribution is -2.47. The van der Waals surface area contributed by atoms with Gasteiger partial charge in [0.1, 0.15) is 0 Å². The molecule has 3 amide bonds. The lowest BCUT2D eigenvalue weighted by molar-refractivity contribution is -0.127. The number of carbonyl (C=O) groups is 2. The van der Waals surface area contributed by atoms with Crippen LogP contribution in [0.25, 0.3) is 5.57 Å². The fraction of sp³-hybridized carbons (Fsp3) is 0.444. The number of hydrogen-bond donors (Lipinski definition) is 1. The van der Waals surface area contributed by atoms with Gasteiger partial charge in [-0.15, -0.1) is 0 Å². The third-order valence-corrected chi connectivity index (χ3v) is 5.07. The lowest BCUT2D eigenvalue weighted by atomic mass is 10.0. The van der Waals surface area contributed by atoms with E-state index in [0.717, 1.165) is 37.1 Å². The molecular formula is C18H22ClN3O2. The molecule has 5 nitrogen and oxygen atoms in total. The van der Waals surface area contributed by atoms with Gasteiger partial charge in [-0.05, 0) is 37.0 Å². The van der Waals surface area contributed by atoms with E-state index in [0.29, 0.717) is 18.1 Å². The molecule has 1 aromatic rings. The van der Waals surface area contributed by atoms with Crippen LogP contribution in [0.3, 0.4) is 0 Å². The van der Waals surface area contributed by atoms with E-state index in [9.17, 15) is 9.59 Å². The predicted molar refractivity (Wildman–Crippen MR) is 94.8 cm³/mol. The summed E-state index contributed by atoms with van der Waals surface area (Å²) in [5.41, 5.74) is 1.75. The van der Waals surface area contributed by atoms with Crippen LogP contribution >= 0.6 is 11.6 Å². The minimum Gasteiger partial charge on any atom is -0.339 e. The van der Waals surface area contributed by atoms with E-state index in [1.54, 1.807) is 6.08 Å². The number of urea groups is 1. The summed E-state index contributed by atoms with van der Waals surface area (Å²) in [6.45, 7) is 4.75. The Hall–Kier alpha value is -2.01. The van der Waals surface area contributed by atoms with Crippen LogP contribution < -0.4 is 5.32 Å². The van der Waals surface area contributed by atoms with Crippen molar-refractivity contribution in [3.63, 3.8) is 0 Å². The quantitative estimate of drug-likeness (QED) is 0.855. The van der Waals surface area contributed by atoms with Gasteiger partial charge < -0.3 is 15.1 Å². The van der Waals surface area contributed by atoms with Crippen molar-refractivity contribution in [1.82, 2.24) is 15.1 Å². The first-order chi connectivity index (χ1) is 11.6. The topological polar surface area (TPSA) is 52.7 Å². The number of halogens is 1. The minimum atomic E-state index is 0.0109. The zero-order chi connectivity index (χ0) is 17.1. The Morgan fingerprint density at radius 3 is 2.58 bits per heavy atom. The van der Waals surface area contributed by atoms with Crippen molar-refractivity contribution in [2.24, 2.45) is 0 Å². The minimum absolute atomic E-state index is 0.0109. The van der Waals surface area contributed by atoms with Gasteiger partial charge in [0.2, 0.25) is 5.91 Å². The highest BCUT2D eigenvalue weighted by Crippen LogP contribution is 2.24. The standard InChI is InChI=1S/C18H22ClN3O2/c1-13(15-4-2-3-5-16(15)19)12-17(23)21-9-6-14(7-10-21)22-11-8-20-18(22)24/h2-5,12,14H,6-11H2,1H3,(H,20,24)/b13-12-. The highest BCUT2D eigenvalue weighted by molar-refractivity contribution is 6.32. The molecule has 128 valence electrons. The normalized spacial score (nSPS) is 19.6. The number of benzene rings is 1. The highest BCUT2D eigenvalue weighted by Gasteiger charge is 2.31. The first-order valence-electron chi connectivity index (χ1n) is 8.33. The van der Waals surface area contributed by atoms with Gasteiger partial charge in [0, 0.05) is 43.3 Å². The number of nitrogens with zero attached hydrogens (tertiary/aromatic N) is 2. The molecule has 2 aliphatic rings. The second-order valence-corrected chi connectivity index (χ2v) is 6.70. The van der Waals surface area contributed by atoms with Crippen molar-refractivity contribution in [3.8, 4) is 0 Å². The molecule has 2 aliphatic heterocycles. The number of piperidine rings is 1. The van der Waals surface area contributed by atoms with Gasteiger partial charge in [-0.1, -0.05) is 29.8 Å². The smallest absolute Gasteiger partial charge is 0.317 e. The fourth-order valence-corrected chi connectivity index (χ4v) is 3.65. The Kier molecular flexibility index (Phi) is 5.09. The van der Waals surface area contributed by atoms with E-state index in [-0.39, 0.29) is 18.0 Å². The zero-order valence-electron chi connectivity index (χ0n) is 13.8. The Bertz CT molecular complexity index is 666. The molecule has 1 aromatic carbocycles. The third-order valence-electron chi connectivity index (χ3n) is 4.75. The average molecular weight is 348 g/mol. The van der Waals surface area contributed by atoms with Crippen molar-refractivity contribution in [2.75, 3.05) is 26.2 Å². The van der Waals surface area contributed by atoms with Crippen LogP contribution in [0.4, 0.5) is 4.79 Å². The SMILES string of the molecule is C/C(=C/C(=O)N1CCC(N2CCNC2=O)CC1)c1ccccc1Cl. The number of rotatable bonds is 3. The van der Waals surface area contributed by atoms with Gasteiger partial charge in [-0.3, -0.25) is 4.79 Å². The van der Waals surface area contributed by atoms with Crippen LogP contribution in [0.5, 0.6) is 0 Å². The number of carbonyl (C=O) groups excluding carboxylic acids is 2. The molecule has 2 heterocycles. The van der Waals surface area contributed by atoms with Crippen LogP contribution in [-0.2, 0) is 4.79 Å². The van der Waals surface area contributed by atoms with E-state index in [2.05, 4.69) is 5.32 Å². The number of allylic oxidation sites excluding steroid dienone is 1. The largest absolute Gasteiger partial charge is 0.339 e. The van der Waals surface area contributed by atoms with Gasteiger partial charge >= 0.3 is 6.03 Å². The molecule has 0 saturated carbocycles. The number of amides is 3. The fourth-order valence-electron chi connectivity index (χ4n) is 3.37. The van der Waals surface area contributed by atoms with Crippen LogP contribution in [0, 0.1) is 0 Å². The van der Waals surface area contributed by atoms with Crippen molar-refractivity contribution in [3.05, 3.63) is 40.9 Å². The molecule has 3 rings (SSSR count). The maximum absolute atomic E-state index is 12.5. The second-order valence-electron chi connectivity index (χ2n) is 6.29. The number of likely N-dealkylation sites (tertiary alicyclic amines) is 1. The van der Waals surface area contributed by atoms with Gasteiger partial charge in [0.15, 0.2) is 0 Å². The lowest BCUT2D eigenvalue weighted by Gasteiger charge is -2.35. The second kappa shape index (κ2) is 7.26. The maximum atomic E-state index is 12.5. The summed E-state index contributed by atoms with van der Waals surface area (Å²) in [6, 6.07) is 7.79. The van der Waals surface area contributed by atoms with E-state index >= 15 is 0 Å². The summed E-state index contributed by atoms with van der Waals surface area (Å²) in [4.78, 5) is 28.0. The van der Waals surface area contributed by atoms with Gasteiger partial charge in [-0.25, -0.2) is 4.79 Å². The predicted octanol–water partition coefficient (Wildman–Crippen LogP) is 2.76. The Labute approximate surface area is 147 Å². The van der Waals surface area contributed by atoms with Crippen LogP contribution in [0.2, 0.25) is 5.02 Å². The van der Waals surface area contributed by atoms with Crippen LogP contribution in [-0.4, -0.2) is 54.0 Å². The average Bonchev–Trinajstić information content (AvgIpc) is 3.01. The van der Waals surface area contributed by atoms with Crippen LogP contribution in [0.15, 0.2) is 30.3 Å². The van der Waals surface area contributed by atoms with Crippen LogP contribution in [0.1, 0.15) is 25.3 Å². The monoisotopic (exact) mass is 347 g/mol. The molecule has 0 aliphatic carbocycles. The molecule has 0 bridgehead atoms. The first kappa shape index (κ1) is 16.8. The Morgan fingerprint density at radius 2 is 1.96 bits per heavy atom. The molecule has 2 fully saturated rings. The third kappa shape index (κ3) is 3.56. The zero-order valence-corrected chi connectivity index (χ0v) is 14.6. The van der Waals surface area contributed by atoms with Gasteiger partial charge in [0.05, 0.1) is 0 Å². The summed E-state index contributed by atoms with van der Waals surface area (Å²) in [5, 5.41) is 3.49. The molecule has 0 spiro atoms. The van der Waals surface area contributed by atoms with E-state index < -0.39 is 0 Å². The van der Waals surface area contributed by atoms with Crippen molar-refractivity contribution in [1.29, 1.82) is 0 Å². The number of hydrogen-bond acceptors (Lipinski definition) is 2. The van der Waals surface area contributed by atoms with E-state index in [1.807, 2.05) is 41.0 Å². The molecule has 0 aromatic heterocycles. The highest BCUT2D eigenvalue weighted by atomic mass is 35.5. The molecule has 24 heavy (non-hydrogen) atoms. The summed E-state index contributed by atoms with van der Waals surface area (Å²) in [7, 11) is 0. The molecule has 6 heteroatoms.